The number of nitrogens with zero attached hydrogens (tertiary/aromatic N) is 1. The number of halogens is 1. The van der Waals surface area contributed by atoms with Crippen LogP contribution in [0.3, 0.4) is 0 Å². The molecule has 0 aliphatic carbocycles. The maximum atomic E-state index is 12.2. The third kappa shape index (κ3) is 6.69. The highest BCUT2D eigenvalue weighted by Gasteiger charge is 2.29. The molecule has 0 saturated carbocycles. The third-order valence-electron chi connectivity index (χ3n) is 4.21. The number of carbonyl (C=O) groups is 1. The number of benzene rings is 1. The second-order valence-electron chi connectivity index (χ2n) is 6.85. The molecule has 1 aliphatic rings. The molecule has 6 nitrogen and oxygen atoms in total. The first kappa shape index (κ1) is 20.4. The Hall–Kier alpha value is -0.960. The van der Waals surface area contributed by atoms with Gasteiger partial charge < -0.3 is 10.1 Å². The molecule has 0 spiro atoms. The normalized spacial score (nSPS) is 16.6. The molecule has 1 aliphatic heterocycles. The molecule has 1 amide bonds. The van der Waals surface area contributed by atoms with Crippen LogP contribution in [0.15, 0.2) is 28.7 Å². The Morgan fingerprint density at radius 3 is 2.64 bits per heavy atom. The van der Waals surface area contributed by atoms with Crippen LogP contribution in [0.2, 0.25) is 0 Å². The van der Waals surface area contributed by atoms with Gasteiger partial charge in [-0.25, -0.2) is 8.42 Å². The third-order valence-corrected chi connectivity index (χ3v) is 6.18. The van der Waals surface area contributed by atoms with E-state index < -0.39 is 21.5 Å². The van der Waals surface area contributed by atoms with Crippen LogP contribution < -0.4 is 5.32 Å². The van der Waals surface area contributed by atoms with Gasteiger partial charge in [-0.3, -0.25) is 9.69 Å². The van der Waals surface area contributed by atoms with Crippen molar-refractivity contribution >= 4 is 31.7 Å². The number of sulfone groups is 1. The summed E-state index contributed by atoms with van der Waals surface area (Å²) in [6.45, 7) is 7.45. The van der Waals surface area contributed by atoms with E-state index in [1.54, 1.807) is 18.2 Å². The van der Waals surface area contributed by atoms with E-state index in [1.807, 2.05) is 19.9 Å². The van der Waals surface area contributed by atoms with Crippen LogP contribution in [0.4, 0.5) is 0 Å². The van der Waals surface area contributed by atoms with E-state index in [0.717, 1.165) is 17.6 Å². The minimum Gasteiger partial charge on any atom is -0.379 e. The van der Waals surface area contributed by atoms with Crippen molar-refractivity contribution in [3.63, 3.8) is 0 Å². The number of rotatable bonds is 7. The van der Waals surface area contributed by atoms with Gasteiger partial charge in [0.2, 0.25) is 5.91 Å². The molecule has 0 atom stereocenters. The highest BCUT2D eigenvalue weighted by molar-refractivity contribution is 9.10. The predicted octanol–water partition coefficient (Wildman–Crippen LogP) is 1.59. The maximum absolute atomic E-state index is 12.2. The average molecular weight is 433 g/mol. The van der Waals surface area contributed by atoms with E-state index in [-0.39, 0.29) is 11.3 Å². The van der Waals surface area contributed by atoms with Crippen molar-refractivity contribution in [2.45, 2.75) is 25.1 Å². The van der Waals surface area contributed by atoms with E-state index in [2.05, 4.69) is 26.1 Å². The van der Waals surface area contributed by atoms with Gasteiger partial charge in [0, 0.05) is 29.6 Å². The molecule has 0 unspecified atom stereocenters. The Labute approximate surface area is 158 Å². The fourth-order valence-corrected chi connectivity index (χ4v) is 4.52. The largest absolute Gasteiger partial charge is 0.379 e. The molecular formula is C17H25BrN2O4S. The van der Waals surface area contributed by atoms with Gasteiger partial charge in [-0.15, -0.1) is 0 Å². The van der Waals surface area contributed by atoms with E-state index in [0.29, 0.717) is 25.3 Å². The molecule has 1 N–H and O–H groups in total. The first-order valence-corrected chi connectivity index (χ1v) is 10.8. The minimum atomic E-state index is -3.51. The zero-order valence-electron chi connectivity index (χ0n) is 14.6. The number of nitrogens with one attached hydrogen (secondary N) is 1. The van der Waals surface area contributed by atoms with Crippen molar-refractivity contribution < 1.29 is 17.9 Å². The number of ether oxygens (including phenoxy) is 1. The van der Waals surface area contributed by atoms with Crippen molar-refractivity contribution in [3.05, 3.63) is 34.3 Å². The Morgan fingerprint density at radius 1 is 1.32 bits per heavy atom. The van der Waals surface area contributed by atoms with E-state index in [1.165, 1.54) is 0 Å². The topological polar surface area (TPSA) is 75.7 Å². The molecule has 1 aromatic rings. The standard InChI is InChI=1S/C17H25BrN2O4S/c1-17(2,20-6-8-24-9-7-20)13-19-16(21)12-25(22,23)11-14-4-3-5-15(18)10-14/h3-5,10H,6-9,11-13H2,1-2H3,(H,19,21). The molecule has 1 fully saturated rings. The highest BCUT2D eigenvalue weighted by Crippen LogP contribution is 2.16. The summed E-state index contributed by atoms with van der Waals surface area (Å²) in [7, 11) is -3.51. The van der Waals surface area contributed by atoms with Crippen molar-refractivity contribution in [1.82, 2.24) is 10.2 Å². The van der Waals surface area contributed by atoms with Crippen LogP contribution >= 0.6 is 15.9 Å². The van der Waals surface area contributed by atoms with Gasteiger partial charge in [0.25, 0.3) is 0 Å². The van der Waals surface area contributed by atoms with Crippen LogP contribution in [-0.2, 0) is 25.1 Å². The van der Waals surface area contributed by atoms with Gasteiger partial charge in [0.05, 0.1) is 19.0 Å². The van der Waals surface area contributed by atoms with Gasteiger partial charge in [-0.2, -0.15) is 0 Å². The summed E-state index contributed by atoms with van der Waals surface area (Å²) in [6, 6.07) is 7.09. The molecule has 1 saturated heterocycles. The van der Waals surface area contributed by atoms with Gasteiger partial charge in [-0.05, 0) is 31.5 Å². The molecule has 1 aromatic carbocycles. The van der Waals surface area contributed by atoms with Crippen molar-refractivity contribution in [2.24, 2.45) is 0 Å². The van der Waals surface area contributed by atoms with Crippen molar-refractivity contribution in [3.8, 4) is 0 Å². The summed E-state index contributed by atoms with van der Waals surface area (Å²) in [6.07, 6.45) is 0. The number of hydrogen-bond donors (Lipinski definition) is 1. The number of morpholine rings is 1. The minimum absolute atomic E-state index is 0.146. The molecule has 0 radical (unpaired) electrons. The van der Waals surface area contributed by atoms with E-state index in [9.17, 15) is 13.2 Å². The molecule has 2 rings (SSSR count). The lowest BCUT2D eigenvalue weighted by Crippen LogP contribution is -2.55. The van der Waals surface area contributed by atoms with E-state index >= 15 is 0 Å². The number of carbonyl (C=O) groups excluding carboxylic acids is 1. The molecular weight excluding hydrogens is 408 g/mol. The molecule has 0 aromatic heterocycles. The Kier molecular flexibility index (Phi) is 7.01. The second kappa shape index (κ2) is 8.62. The van der Waals surface area contributed by atoms with E-state index in [4.69, 9.17) is 4.74 Å². The Bertz CT molecular complexity index is 700. The summed E-state index contributed by atoms with van der Waals surface area (Å²) < 4.78 is 30.6. The Balaban J connectivity index is 1.86. The molecule has 25 heavy (non-hydrogen) atoms. The quantitative estimate of drug-likeness (QED) is 0.707. The lowest BCUT2D eigenvalue weighted by atomic mass is 10.0. The van der Waals surface area contributed by atoms with Gasteiger partial charge in [0.1, 0.15) is 5.75 Å². The summed E-state index contributed by atoms with van der Waals surface area (Å²) in [4.78, 5) is 14.3. The molecule has 1 heterocycles. The number of hydrogen-bond acceptors (Lipinski definition) is 5. The summed E-state index contributed by atoms with van der Waals surface area (Å²) >= 11 is 3.32. The molecule has 8 heteroatoms. The molecule has 0 bridgehead atoms. The zero-order valence-corrected chi connectivity index (χ0v) is 17.0. The maximum Gasteiger partial charge on any atom is 0.235 e. The average Bonchev–Trinajstić information content (AvgIpc) is 2.53. The first-order valence-electron chi connectivity index (χ1n) is 8.22. The second-order valence-corrected chi connectivity index (χ2v) is 9.83. The number of amides is 1. The summed E-state index contributed by atoms with van der Waals surface area (Å²) in [5, 5.41) is 2.76. The van der Waals surface area contributed by atoms with Crippen molar-refractivity contribution in [2.75, 3.05) is 38.6 Å². The fourth-order valence-electron chi connectivity index (χ4n) is 2.78. The van der Waals surface area contributed by atoms with Gasteiger partial charge in [-0.1, -0.05) is 28.1 Å². The first-order chi connectivity index (χ1) is 11.7. The van der Waals surface area contributed by atoms with Crippen LogP contribution in [-0.4, -0.2) is 63.4 Å². The van der Waals surface area contributed by atoms with Crippen LogP contribution in [0.5, 0.6) is 0 Å². The van der Waals surface area contributed by atoms with Gasteiger partial charge in [0.15, 0.2) is 9.84 Å². The zero-order chi connectivity index (χ0) is 18.5. The van der Waals surface area contributed by atoms with Crippen LogP contribution in [0.25, 0.3) is 0 Å². The van der Waals surface area contributed by atoms with Crippen molar-refractivity contribution in [1.29, 1.82) is 0 Å². The van der Waals surface area contributed by atoms with Crippen LogP contribution in [0, 0.1) is 0 Å². The SMILES string of the molecule is CC(C)(CNC(=O)CS(=O)(=O)Cc1cccc(Br)c1)N1CCOCC1. The highest BCUT2D eigenvalue weighted by atomic mass is 79.9. The fraction of sp³-hybridized carbons (Fsp3) is 0.588. The molecule has 140 valence electrons. The lowest BCUT2D eigenvalue weighted by molar-refractivity contribution is -0.119. The monoisotopic (exact) mass is 432 g/mol. The smallest absolute Gasteiger partial charge is 0.235 e. The van der Waals surface area contributed by atoms with Crippen LogP contribution in [0.1, 0.15) is 19.4 Å². The summed E-state index contributed by atoms with van der Waals surface area (Å²) in [5.74, 6) is -1.11. The van der Waals surface area contributed by atoms with Gasteiger partial charge >= 0.3 is 0 Å². The Morgan fingerprint density at radius 2 is 2.00 bits per heavy atom. The predicted molar refractivity (Wildman–Crippen MR) is 101 cm³/mol. The lowest BCUT2D eigenvalue weighted by Gasteiger charge is -2.40. The summed E-state index contributed by atoms with van der Waals surface area (Å²) in [5.41, 5.74) is 0.420.